The topological polar surface area (TPSA) is 74.0 Å². The van der Waals surface area contributed by atoms with Crippen LogP contribution in [0, 0.1) is 6.92 Å². The molecule has 9 heteroatoms. The molecule has 0 unspecified atom stereocenters. The highest BCUT2D eigenvalue weighted by Crippen LogP contribution is 2.35. The summed E-state index contributed by atoms with van der Waals surface area (Å²) in [7, 11) is -4.22. The Hall–Kier alpha value is -1.87. The molecule has 0 amide bonds. The van der Waals surface area contributed by atoms with Gasteiger partial charge in [0.2, 0.25) is 0 Å². The number of imidazole rings is 1. The summed E-state index contributed by atoms with van der Waals surface area (Å²) in [6.45, 7) is 5.31. The lowest BCUT2D eigenvalue weighted by molar-refractivity contribution is -0.546. The van der Waals surface area contributed by atoms with E-state index in [-0.39, 0.29) is 23.9 Å². The molecule has 2 rings (SSSR count). The van der Waals surface area contributed by atoms with Crippen LogP contribution in [0.5, 0.6) is 0 Å². The van der Waals surface area contributed by atoms with Gasteiger partial charge < -0.3 is 0 Å². The second-order valence-electron chi connectivity index (χ2n) is 5.14. The van der Waals surface area contributed by atoms with Crippen molar-refractivity contribution in [3.8, 4) is 0 Å². The van der Waals surface area contributed by atoms with Gasteiger partial charge in [-0.05, 0) is 25.0 Å². The van der Waals surface area contributed by atoms with E-state index in [1.165, 1.54) is 12.3 Å². The number of aromatic amines is 1. The summed E-state index contributed by atoms with van der Waals surface area (Å²) < 4.78 is 71.6. The van der Waals surface area contributed by atoms with Crippen molar-refractivity contribution < 1.29 is 30.7 Å². The lowest BCUT2D eigenvalue weighted by atomic mass is 10.0. The Bertz CT molecular complexity index is 854. The van der Waals surface area contributed by atoms with E-state index in [2.05, 4.69) is 11.6 Å². The third kappa shape index (κ3) is 3.73. The first-order valence-corrected chi connectivity index (χ1v) is 8.36. The number of aryl methyl sites for hydroxylation is 2. The van der Waals surface area contributed by atoms with Crippen LogP contribution in [-0.2, 0) is 22.7 Å². The highest BCUT2D eigenvalue weighted by Gasteiger charge is 2.35. The zero-order chi connectivity index (χ0) is 17.4. The Morgan fingerprint density at radius 3 is 2.57 bits per heavy atom. The molecule has 126 valence electrons. The number of H-pyrrole nitrogens is 1. The molecule has 0 aliphatic heterocycles. The van der Waals surface area contributed by atoms with E-state index in [4.69, 9.17) is 4.55 Å². The van der Waals surface area contributed by atoms with Crippen molar-refractivity contribution in [3.63, 3.8) is 0 Å². The van der Waals surface area contributed by atoms with E-state index in [1.54, 1.807) is 11.5 Å². The lowest BCUT2D eigenvalue weighted by Gasteiger charge is -2.12. The predicted octanol–water partition coefficient (Wildman–Crippen LogP) is 2.70. The van der Waals surface area contributed by atoms with Gasteiger partial charge in [0.1, 0.15) is 0 Å². The van der Waals surface area contributed by atoms with Crippen LogP contribution in [0.4, 0.5) is 13.2 Å². The number of nitrogens with one attached hydrogen (secondary N) is 1. The number of aromatic nitrogens is 2. The second kappa shape index (κ2) is 5.97. The van der Waals surface area contributed by atoms with Crippen LogP contribution in [0.15, 0.2) is 18.7 Å². The van der Waals surface area contributed by atoms with Gasteiger partial charge in [-0.25, -0.2) is 9.55 Å². The number of alkyl halides is 3. The molecule has 0 bridgehead atoms. The van der Waals surface area contributed by atoms with Crippen molar-refractivity contribution in [1.82, 2.24) is 4.98 Å². The molecular formula is C14H16F3N2O3S+. The first-order valence-electron chi connectivity index (χ1n) is 6.75. The maximum absolute atomic E-state index is 13.2. The largest absolute Gasteiger partial charge is 0.416 e. The SMILES string of the molecule is C=C[n+]1c(C)[nH]c2c(CCCS(=O)(=O)O)c(C(F)(F)F)ccc21. The second-order valence-corrected chi connectivity index (χ2v) is 6.71. The van der Waals surface area contributed by atoms with Gasteiger partial charge in [0.15, 0.2) is 11.0 Å². The molecule has 0 aliphatic rings. The van der Waals surface area contributed by atoms with E-state index in [0.717, 1.165) is 6.07 Å². The van der Waals surface area contributed by atoms with Gasteiger partial charge in [-0.1, -0.05) is 6.58 Å². The fourth-order valence-corrected chi connectivity index (χ4v) is 3.10. The van der Waals surface area contributed by atoms with Gasteiger partial charge >= 0.3 is 6.18 Å². The minimum Gasteiger partial charge on any atom is -0.286 e. The highest BCUT2D eigenvalue weighted by molar-refractivity contribution is 7.85. The van der Waals surface area contributed by atoms with E-state index >= 15 is 0 Å². The zero-order valence-corrected chi connectivity index (χ0v) is 13.1. The molecule has 0 saturated carbocycles. The third-order valence-corrected chi connectivity index (χ3v) is 4.34. The summed E-state index contributed by atoms with van der Waals surface area (Å²) in [5.74, 6) is 0.00678. The Morgan fingerprint density at radius 1 is 1.39 bits per heavy atom. The quantitative estimate of drug-likeness (QED) is 0.644. The minimum absolute atomic E-state index is 0.0256. The number of hydrogen-bond acceptors (Lipinski definition) is 2. The predicted molar refractivity (Wildman–Crippen MR) is 79.4 cm³/mol. The average Bonchev–Trinajstić information content (AvgIpc) is 2.71. The van der Waals surface area contributed by atoms with Crippen LogP contribution < -0.4 is 4.57 Å². The molecule has 1 aromatic carbocycles. The Labute approximate surface area is 131 Å². The number of nitrogens with zero attached hydrogens (tertiary/aromatic N) is 1. The zero-order valence-electron chi connectivity index (χ0n) is 12.3. The maximum Gasteiger partial charge on any atom is 0.416 e. The Balaban J connectivity index is 2.58. The smallest absolute Gasteiger partial charge is 0.286 e. The summed E-state index contributed by atoms with van der Waals surface area (Å²) in [4.78, 5) is 2.89. The molecule has 0 spiro atoms. The monoisotopic (exact) mass is 349 g/mol. The number of fused-ring (bicyclic) bond motifs is 1. The summed E-state index contributed by atoms with van der Waals surface area (Å²) in [5, 5.41) is 0. The van der Waals surface area contributed by atoms with Gasteiger partial charge in [-0.15, -0.1) is 0 Å². The van der Waals surface area contributed by atoms with Gasteiger partial charge in [0.25, 0.3) is 15.9 Å². The van der Waals surface area contributed by atoms with Crippen molar-refractivity contribution >= 4 is 27.4 Å². The van der Waals surface area contributed by atoms with Crippen molar-refractivity contribution in [2.75, 3.05) is 5.75 Å². The normalized spacial score (nSPS) is 12.7. The van der Waals surface area contributed by atoms with Gasteiger partial charge in [0, 0.05) is 12.5 Å². The van der Waals surface area contributed by atoms with Crippen LogP contribution in [0.3, 0.4) is 0 Å². The molecular weight excluding hydrogens is 333 g/mol. The highest BCUT2D eigenvalue weighted by atomic mass is 32.2. The third-order valence-electron chi connectivity index (χ3n) is 3.53. The standard InChI is InChI=1S/C14H15F3N2O3S/c1-3-19-9(2)18-13-10(5-4-8-23(20,21)22)11(14(15,16)17)6-7-12(13)19/h3,6-7H,1,4-5,8H2,2H3,(H,20,21,22)/p+1. The van der Waals surface area contributed by atoms with Crippen molar-refractivity contribution in [1.29, 1.82) is 0 Å². The first kappa shape index (κ1) is 17.5. The van der Waals surface area contributed by atoms with E-state index < -0.39 is 27.6 Å². The number of halogens is 3. The Kier molecular flexibility index (Phi) is 4.54. The summed E-state index contributed by atoms with van der Waals surface area (Å²) >= 11 is 0. The van der Waals surface area contributed by atoms with E-state index in [0.29, 0.717) is 11.3 Å². The molecule has 1 aromatic heterocycles. The number of benzene rings is 1. The first-order chi connectivity index (χ1) is 10.5. The number of hydrogen-bond donors (Lipinski definition) is 2. The molecule has 5 nitrogen and oxygen atoms in total. The molecule has 2 N–H and O–H groups in total. The molecule has 23 heavy (non-hydrogen) atoms. The van der Waals surface area contributed by atoms with Crippen LogP contribution in [0.1, 0.15) is 23.4 Å². The molecule has 1 heterocycles. The number of rotatable bonds is 5. The maximum atomic E-state index is 13.2. The van der Waals surface area contributed by atoms with Gasteiger partial charge in [0.05, 0.1) is 17.5 Å². The fourth-order valence-electron chi connectivity index (χ4n) is 2.59. The Morgan fingerprint density at radius 2 is 2.04 bits per heavy atom. The van der Waals surface area contributed by atoms with Crippen LogP contribution in [0.2, 0.25) is 0 Å². The van der Waals surface area contributed by atoms with Gasteiger partial charge in [-0.2, -0.15) is 21.6 Å². The van der Waals surface area contributed by atoms with Crippen LogP contribution in [0.25, 0.3) is 17.2 Å². The molecule has 0 saturated heterocycles. The van der Waals surface area contributed by atoms with Crippen molar-refractivity contribution in [2.24, 2.45) is 0 Å². The van der Waals surface area contributed by atoms with E-state index in [9.17, 15) is 21.6 Å². The fraction of sp³-hybridized carbons (Fsp3) is 0.357. The summed E-state index contributed by atoms with van der Waals surface area (Å²) in [6.07, 6.45) is -3.33. The average molecular weight is 349 g/mol. The van der Waals surface area contributed by atoms with Crippen molar-refractivity contribution in [2.45, 2.75) is 25.9 Å². The van der Waals surface area contributed by atoms with Crippen molar-refractivity contribution in [3.05, 3.63) is 35.7 Å². The summed E-state index contributed by atoms with van der Waals surface area (Å²) in [5.41, 5.74) is -0.0416. The molecule has 0 aliphatic carbocycles. The molecule has 0 radical (unpaired) electrons. The molecule has 2 aromatic rings. The molecule has 0 atom stereocenters. The van der Waals surface area contributed by atoms with Crippen LogP contribution >= 0.6 is 0 Å². The lowest BCUT2D eigenvalue weighted by Crippen LogP contribution is -2.27. The molecule has 0 fully saturated rings. The minimum atomic E-state index is -4.56. The van der Waals surface area contributed by atoms with E-state index in [1.807, 2.05) is 0 Å². The summed E-state index contributed by atoms with van der Waals surface area (Å²) in [6, 6.07) is 2.31. The van der Waals surface area contributed by atoms with Gasteiger partial charge in [-0.3, -0.25) is 4.55 Å². The van der Waals surface area contributed by atoms with Crippen LogP contribution in [-0.4, -0.2) is 23.7 Å².